The van der Waals surface area contributed by atoms with E-state index in [1.807, 2.05) is 30.3 Å². The molecule has 0 radical (unpaired) electrons. The molecule has 1 atom stereocenters. The number of amides is 1. The Balaban J connectivity index is 1.25. The van der Waals surface area contributed by atoms with Gasteiger partial charge in [0.25, 0.3) is 0 Å². The summed E-state index contributed by atoms with van der Waals surface area (Å²) in [5, 5.41) is 0. The number of ether oxygens (including phenoxy) is 3. The number of carbonyl (C=O) groups is 1. The summed E-state index contributed by atoms with van der Waals surface area (Å²) in [4.78, 5) is 16.6. The highest BCUT2D eigenvalue weighted by atomic mass is 16.6. The number of rotatable bonds is 5. The van der Waals surface area contributed by atoms with E-state index in [-0.39, 0.29) is 11.7 Å². The van der Waals surface area contributed by atoms with Gasteiger partial charge >= 0.3 is 6.09 Å². The zero-order chi connectivity index (χ0) is 17.8. The third kappa shape index (κ3) is 3.96. The van der Waals surface area contributed by atoms with Gasteiger partial charge in [-0.1, -0.05) is 18.2 Å². The fraction of sp³-hybridized carbons (Fsp3) is 0.650. The number of carbonyl (C=O) groups excluding carboxylic acids is 1. The van der Waals surface area contributed by atoms with Crippen molar-refractivity contribution in [1.82, 2.24) is 9.80 Å². The number of para-hydroxylation sites is 1. The van der Waals surface area contributed by atoms with Crippen molar-refractivity contribution in [3.63, 3.8) is 0 Å². The summed E-state index contributed by atoms with van der Waals surface area (Å²) in [5.41, 5.74) is -0.310. The van der Waals surface area contributed by atoms with Crippen LogP contribution in [0.1, 0.15) is 25.7 Å². The smallest absolute Gasteiger partial charge is 0.410 e. The van der Waals surface area contributed by atoms with E-state index < -0.39 is 0 Å². The molecule has 142 valence electrons. The first-order valence-corrected chi connectivity index (χ1v) is 9.72. The molecular formula is C20H28N2O4. The van der Waals surface area contributed by atoms with E-state index in [2.05, 4.69) is 4.90 Å². The molecule has 0 saturated carbocycles. The van der Waals surface area contributed by atoms with Gasteiger partial charge in [0.1, 0.15) is 18.0 Å². The second-order valence-corrected chi connectivity index (χ2v) is 7.54. The normalized spacial score (nSPS) is 26.1. The van der Waals surface area contributed by atoms with Crippen molar-refractivity contribution >= 4 is 6.09 Å². The molecule has 0 N–H and O–H groups in total. The lowest BCUT2D eigenvalue weighted by Crippen LogP contribution is -2.52. The summed E-state index contributed by atoms with van der Waals surface area (Å²) in [6.07, 6.45) is 3.99. The Bertz CT molecular complexity index is 595. The molecule has 3 fully saturated rings. The van der Waals surface area contributed by atoms with E-state index in [0.29, 0.717) is 25.7 Å². The number of benzene rings is 1. The Morgan fingerprint density at radius 3 is 2.73 bits per heavy atom. The average molecular weight is 360 g/mol. The van der Waals surface area contributed by atoms with Crippen LogP contribution in [0.3, 0.4) is 0 Å². The molecule has 26 heavy (non-hydrogen) atoms. The largest absolute Gasteiger partial charge is 0.492 e. The Hall–Kier alpha value is -1.79. The van der Waals surface area contributed by atoms with Crippen molar-refractivity contribution in [2.75, 3.05) is 46.0 Å². The summed E-state index contributed by atoms with van der Waals surface area (Å²) in [7, 11) is 0. The molecule has 3 aliphatic heterocycles. The maximum atomic E-state index is 12.3. The van der Waals surface area contributed by atoms with Crippen LogP contribution >= 0.6 is 0 Å². The minimum absolute atomic E-state index is 0.198. The topological polar surface area (TPSA) is 51.2 Å². The minimum Gasteiger partial charge on any atom is -0.492 e. The molecule has 0 aromatic heterocycles. The van der Waals surface area contributed by atoms with Crippen LogP contribution in [-0.4, -0.2) is 73.5 Å². The lowest BCUT2D eigenvalue weighted by atomic mass is 9.90. The zero-order valence-corrected chi connectivity index (χ0v) is 15.3. The second-order valence-electron chi connectivity index (χ2n) is 7.54. The monoisotopic (exact) mass is 360 g/mol. The Morgan fingerprint density at radius 1 is 1.19 bits per heavy atom. The van der Waals surface area contributed by atoms with Crippen molar-refractivity contribution in [1.29, 1.82) is 0 Å². The lowest BCUT2D eigenvalue weighted by Gasteiger charge is -2.42. The maximum Gasteiger partial charge on any atom is 0.410 e. The van der Waals surface area contributed by atoms with E-state index in [0.717, 1.165) is 51.3 Å². The van der Waals surface area contributed by atoms with Crippen molar-refractivity contribution in [2.24, 2.45) is 0 Å². The Kier molecular flexibility index (Phi) is 5.31. The quantitative estimate of drug-likeness (QED) is 0.808. The van der Waals surface area contributed by atoms with E-state index in [1.54, 1.807) is 4.90 Å². The fourth-order valence-corrected chi connectivity index (χ4v) is 4.22. The van der Waals surface area contributed by atoms with Crippen LogP contribution in [0.2, 0.25) is 0 Å². The highest BCUT2D eigenvalue weighted by molar-refractivity contribution is 5.70. The second kappa shape index (κ2) is 7.84. The third-order valence-corrected chi connectivity index (χ3v) is 5.78. The first-order chi connectivity index (χ1) is 12.7. The van der Waals surface area contributed by atoms with Gasteiger partial charge in [-0.3, -0.25) is 4.90 Å². The molecule has 1 unspecified atom stereocenters. The number of nitrogens with zero attached hydrogens (tertiary/aromatic N) is 2. The predicted octanol–water partition coefficient (Wildman–Crippen LogP) is 2.53. The van der Waals surface area contributed by atoms with E-state index in [1.165, 1.54) is 6.42 Å². The molecule has 6 heteroatoms. The SMILES string of the molecule is O=C1OC2(CCN(C3CCCOC3)CC2)CN1CCOc1ccccc1. The molecular weight excluding hydrogens is 332 g/mol. The molecule has 1 aromatic rings. The lowest BCUT2D eigenvalue weighted by molar-refractivity contribution is -0.0389. The predicted molar refractivity (Wildman–Crippen MR) is 97.4 cm³/mol. The van der Waals surface area contributed by atoms with Gasteiger partial charge < -0.3 is 19.1 Å². The molecule has 1 spiro atoms. The number of piperidine rings is 1. The van der Waals surface area contributed by atoms with Gasteiger partial charge in [-0.05, 0) is 25.0 Å². The van der Waals surface area contributed by atoms with Crippen LogP contribution in [-0.2, 0) is 9.47 Å². The summed E-state index contributed by atoms with van der Waals surface area (Å²) in [5.74, 6) is 0.831. The standard InChI is InChI=1S/C20H28N2O4/c23-19-22(12-14-25-18-6-2-1-3-7-18)16-20(26-19)8-10-21(11-9-20)17-5-4-13-24-15-17/h1-3,6-7,17H,4-5,8-16H2. The van der Waals surface area contributed by atoms with E-state index in [9.17, 15) is 4.79 Å². The summed E-state index contributed by atoms with van der Waals surface area (Å²) >= 11 is 0. The van der Waals surface area contributed by atoms with E-state index in [4.69, 9.17) is 14.2 Å². The summed E-state index contributed by atoms with van der Waals surface area (Å²) in [6.45, 7) is 5.43. The van der Waals surface area contributed by atoms with Gasteiger partial charge in [-0.25, -0.2) is 4.79 Å². The molecule has 0 aliphatic carbocycles. The van der Waals surface area contributed by atoms with Crippen molar-refractivity contribution < 1.29 is 19.0 Å². The third-order valence-electron chi connectivity index (χ3n) is 5.78. The van der Waals surface area contributed by atoms with Crippen LogP contribution in [0.15, 0.2) is 30.3 Å². The van der Waals surface area contributed by atoms with Gasteiger partial charge in [0.05, 0.1) is 19.7 Å². The first-order valence-electron chi connectivity index (χ1n) is 9.72. The molecule has 3 aliphatic rings. The zero-order valence-electron chi connectivity index (χ0n) is 15.3. The van der Waals surface area contributed by atoms with Crippen molar-refractivity contribution in [3.05, 3.63) is 30.3 Å². The molecule has 1 amide bonds. The molecule has 0 bridgehead atoms. The van der Waals surface area contributed by atoms with Crippen LogP contribution in [0, 0.1) is 0 Å². The van der Waals surface area contributed by atoms with Crippen molar-refractivity contribution in [2.45, 2.75) is 37.3 Å². The fourth-order valence-electron chi connectivity index (χ4n) is 4.22. The van der Waals surface area contributed by atoms with Gasteiger partial charge in [0.15, 0.2) is 0 Å². The summed E-state index contributed by atoms with van der Waals surface area (Å²) < 4.78 is 17.1. The van der Waals surface area contributed by atoms with Crippen LogP contribution in [0.5, 0.6) is 5.75 Å². The summed E-state index contributed by atoms with van der Waals surface area (Å²) in [6, 6.07) is 10.2. The van der Waals surface area contributed by atoms with E-state index >= 15 is 0 Å². The van der Waals surface area contributed by atoms with Gasteiger partial charge in [-0.15, -0.1) is 0 Å². The minimum atomic E-state index is -0.310. The first kappa shape index (κ1) is 17.6. The maximum absolute atomic E-state index is 12.3. The average Bonchev–Trinajstić information content (AvgIpc) is 2.99. The van der Waals surface area contributed by atoms with Gasteiger partial charge in [0, 0.05) is 38.6 Å². The van der Waals surface area contributed by atoms with Crippen LogP contribution < -0.4 is 4.74 Å². The van der Waals surface area contributed by atoms with Crippen LogP contribution in [0.25, 0.3) is 0 Å². The van der Waals surface area contributed by atoms with Gasteiger partial charge in [-0.2, -0.15) is 0 Å². The number of likely N-dealkylation sites (tertiary alicyclic amines) is 1. The Morgan fingerprint density at radius 2 is 2.00 bits per heavy atom. The number of hydrogen-bond donors (Lipinski definition) is 0. The number of hydrogen-bond acceptors (Lipinski definition) is 5. The highest BCUT2D eigenvalue weighted by Gasteiger charge is 2.47. The molecule has 4 rings (SSSR count). The molecule has 1 aromatic carbocycles. The van der Waals surface area contributed by atoms with Crippen LogP contribution in [0.4, 0.5) is 4.79 Å². The molecule has 3 heterocycles. The highest BCUT2D eigenvalue weighted by Crippen LogP contribution is 2.34. The van der Waals surface area contributed by atoms with Crippen molar-refractivity contribution in [3.8, 4) is 5.75 Å². The molecule has 6 nitrogen and oxygen atoms in total. The van der Waals surface area contributed by atoms with Gasteiger partial charge in [0.2, 0.25) is 0 Å². The Labute approximate surface area is 155 Å². The molecule has 3 saturated heterocycles.